The molecule has 2 rings (SSSR count). The van der Waals surface area contributed by atoms with Crippen LogP contribution in [0.4, 0.5) is 17.1 Å². The number of nitro benzene ring substituents is 1. The van der Waals surface area contributed by atoms with Gasteiger partial charge in [0.15, 0.2) is 0 Å². The van der Waals surface area contributed by atoms with Crippen LogP contribution < -0.4 is 9.62 Å². The summed E-state index contributed by atoms with van der Waals surface area (Å²) in [6.45, 7) is 5.66. The van der Waals surface area contributed by atoms with Crippen molar-refractivity contribution in [1.29, 1.82) is 0 Å². The third-order valence-corrected chi connectivity index (χ3v) is 5.81. The molecule has 0 heterocycles. The minimum Gasteiger partial charge on any atom is -0.326 e. The zero-order valence-electron chi connectivity index (χ0n) is 16.9. The molecule has 29 heavy (non-hydrogen) atoms. The summed E-state index contributed by atoms with van der Waals surface area (Å²) in [5.41, 5.74) is 3.53. The highest BCUT2D eigenvalue weighted by atomic mass is 32.2. The van der Waals surface area contributed by atoms with Crippen molar-refractivity contribution >= 4 is 33.0 Å². The molecule has 0 unspecified atom stereocenters. The quantitative estimate of drug-likeness (QED) is 0.518. The zero-order valence-corrected chi connectivity index (χ0v) is 17.7. The van der Waals surface area contributed by atoms with Gasteiger partial charge in [-0.1, -0.05) is 12.1 Å². The van der Waals surface area contributed by atoms with Crippen LogP contribution in [0.5, 0.6) is 0 Å². The lowest BCUT2D eigenvalue weighted by Gasteiger charge is -2.24. The molecule has 8 nitrogen and oxygen atoms in total. The van der Waals surface area contributed by atoms with E-state index < -0.39 is 14.9 Å². The van der Waals surface area contributed by atoms with Crippen molar-refractivity contribution in [2.75, 3.05) is 22.4 Å². The average Bonchev–Trinajstić information content (AvgIpc) is 2.61. The fraction of sp³-hybridized carbons (Fsp3) is 0.350. The molecule has 2 aromatic carbocycles. The number of non-ortho nitro benzene ring substituents is 1. The van der Waals surface area contributed by atoms with Crippen molar-refractivity contribution in [2.24, 2.45) is 0 Å². The van der Waals surface area contributed by atoms with Gasteiger partial charge >= 0.3 is 0 Å². The molecule has 9 heteroatoms. The second-order valence-electron chi connectivity index (χ2n) is 7.01. The van der Waals surface area contributed by atoms with Crippen molar-refractivity contribution in [3.8, 4) is 0 Å². The number of benzene rings is 2. The Morgan fingerprint density at radius 1 is 1.07 bits per heavy atom. The van der Waals surface area contributed by atoms with Gasteiger partial charge in [-0.05, 0) is 56.0 Å². The SMILES string of the molecule is Cc1ccc(NC(=O)CCCN(c2cc([N+](=O)[O-])ccc2C)S(C)(=O)=O)cc1C. The normalized spacial score (nSPS) is 11.2. The first-order chi connectivity index (χ1) is 13.5. The first kappa shape index (κ1) is 22.4. The number of nitrogens with one attached hydrogen (secondary N) is 1. The first-order valence-electron chi connectivity index (χ1n) is 9.09. The van der Waals surface area contributed by atoms with Gasteiger partial charge in [0.05, 0.1) is 16.9 Å². The fourth-order valence-electron chi connectivity index (χ4n) is 2.87. The van der Waals surface area contributed by atoms with Crippen molar-refractivity contribution in [1.82, 2.24) is 0 Å². The Hall–Kier alpha value is -2.94. The van der Waals surface area contributed by atoms with E-state index in [0.29, 0.717) is 11.3 Å². The Bertz CT molecular complexity index is 1030. The van der Waals surface area contributed by atoms with Crippen LogP contribution >= 0.6 is 0 Å². The smallest absolute Gasteiger partial charge is 0.271 e. The van der Waals surface area contributed by atoms with Gasteiger partial charge in [0.25, 0.3) is 5.69 Å². The Labute approximate surface area is 170 Å². The molecule has 156 valence electrons. The monoisotopic (exact) mass is 419 g/mol. The molecule has 0 saturated carbocycles. The number of carbonyl (C=O) groups excluding carboxylic acids is 1. The highest BCUT2D eigenvalue weighted by Crippen LogP contribution is 2.27. The summed E-state index contributed by atoms with van der Waals surface area (Å²) in [6, 6.07) is 9.69. The molecule has 0 atom stereocenters. The maximum absolute atomic E-state index is 12.3. The van der Waals surface area contributed by atoms with Gasteiger partial charge in [-0.2, -0.15) is 0 Å². The van der Waals surface area contributed by atoms with Crippen molar-refractivity contribution in [2.45, 2.75) is 33.6 Å². The van der Waals surface area contributed by atoms with Gasteiger partial charge in [0, 0.05) is 30.8 Å². The van der Waals surface area contributed by atoms with Crippen molar-refractivity contribution in [3.05, 3.63) is 63.2 Å². The Morgan fingerprint density at radius 2 is 1.72 bits per heavy atom. The number of amides is 1. The van der Waals surface area contributed by atoms with Crippen LogP contribution in [0.25, 0.3) is 0 Å². The van der Waals surface area contributed by atoms with E-state index in [2.05, 4.69) is 5.32 Å². The highest BCUT2D eigenvalue weighted by Gasteiger charge is 2.22. The number of rotatable bonds is 8. The molecule has 0 aromatic heterocycles. The standard InChI is InChI=1S/C20H25N3O5S/c1-14-7-9-17(12-16(14)3)21-20(24)6-5-11-22(29(4,27)28)19-13-18(23(25)26)10-8-15(19)2/h7-10,12-13H,5-6,11H2,1-4H3,(H,21,24). The van der Waals surface area contributed by atoms with E-state index in [9.17, 15) is 23.3 Å². The second kappa shape index (κ2) is 9.04. The van der Waals surface area contributed by atoms with Crippen LogP contribution in [0.1, 0.15) is 29.5 Å². The predicted molar refractivity (Wildman–Crippen MR) is 114 cm³/mol. The van der Waals surface area contributed by atoms with Crippen LogP contribution in [0, 0.1) is 30.9 Å². The Balaban J connectivity index is 2.08. The lowest BCUT2D eigenvalue weighted by atomic mass is 10.1. The van der Waals surface area contributed by atoms with Crippen LogP contribution in [0.3, 0.4) is 0 Å². The summed E-state index contributed by atoms with van der Waals surface area (Å²) in [5, 5.41) is 13.8. The van der Waals surface area contributed by atoms with E-state index in [1.54, 1.807) is 6.92 Å². The van der Waals surface area contributed by atoms with Gasteiger partial charge in [0.2, 0.25) is 15.9 Å². The number of hydrogen-bond acceptors (Lipinski definition) is 5. The topological polar surface area (TPSA) is 110 Å². The van der Waals surface area contributed by atoms with Gasteiger partial charge in [-0.25, -0.2) is 8.42 Å². The lowest BCUT2D eigenvalue weighted by Crippen LogP contribution is -2.32. The van der Waals surface area contributed by atoms with Crippen LogP contribution in [0.2, 0.25) is 0 Å². The molecule has 0 radical (unpaired) electrons. The van der Waals surface area contributed by atoms with Gasteiger partial charge in [0.1, 0.15) is 0 Å². The summed E-state index contributed by atoms with van der Waals surface area (Å²) in [5.74, 6) is -0.225. The maximum atomic E-state index is 12.3. The Morgan fingerprint density at radius 3 is 2.31 bits per heavy atom. The highest BCUT2D eigenvalue weighted by molar-refractivity contribution is 7.92. The molecule has 0 saturated heterocycles. The average molecular weight is 420 g/mol. The molecule has 0 spiro atoms. The van der Waals surface area contributed by atoms with E-state index in [4.69, 9.17) is 0 Å². The van der Waals surface area contributed by atoms with Gasteiger partial charge in [-0.3, -0.25) is 19.2 Å². The molecule has 1 N–H and O–H groups in total. The maximum Gasteiger partial charge on any atom is 0.271 e. The Kier molecular flexibility index (Phi) is 6.97. The third kappa shape index (κ3) is 6.02. The fourth-order valence-corrected chi connectivity index (χ4v) is 3.89. The molecular formula is C20H25N3O5S. The zero-order chi connectivity index (χ0) is 21.8. The van der Waals surface area contributed by atoms with Gasteiger partial charge < -0.3 is 5.32 Å². The number of nitrogens with zero attached hydrogens (tertiary/aromatic N) is 2. The van der Waals surface area contributed by atoms with Crippen molar-refractivity contribution in [3.63, 3.8) is 0 Å². The summed E-state index contributed by atoms with van der Waals surface area (Å²) in [7, 11) is -3.67. The van der Waals surface area contributed by atoms with E-state index in [1.165, 1.54) is 18.2 Å². The summed E-state index contributed by atoms with van der Waals surface area (Å²) >= 11 is 0. The van der Waals surface area contributed by atoms with Crippen LogP contribution in [0.15, 0.2) is 36.4 Å². The number of nitro groups is 1. The summed E-state index contributed by atoms with van der Waals surface area (Å²) in [4.78, 5) is 22.7. The van der Waals surface area contributed by atoms with E-state index >= 15 is 0 Å². The first-order valence-corrected chi connectivity index (χ1v) is 10.9. The molecule has 0 fully saturated rings. The number of hydrogen-bond donors (Lipinski definition) is 1. The minimum atomic E-state index is -3.67. The minimum absolute atomic E-state index is 0.0428. The van der Waals surface area contributed by atoms with Gasteiger partial charge in [-0.15, -0.1) is 0 Å². The summed E-state index contributed by atoms with van der Waals surface area (Å²) < 4.78 is 25.6. The number of carbonyl (C=O) groups is 1. The second-order valence-corrected chi connectivity index (χ2v) is 8.92. The molecule has 0 bridgehead atoms. The van der Waals surface area contributed by atoms with E-state index in [1.807, 2.05) is 32.0 Å². The number of sulfonamides is 1. The van der Waals surface area contributed by atoms with E-state index in [0.717, 1.165) is 21.7 Å². The summed E-state index contributed by atoms with van der Waals surface area (Å²) in [6.07, 6.45) is 1.43. The molecule has 0 aliphatic rings. The molecule has 1 amide bonds. The molecule has 2 aromatic rings. The lowest BCUT2D eigenvalue weighted by molar-refractivity contribution is -0.384. The molecule has 0 aliphatic carbocycles. The van der Waals surface area contributed by atoms with Crippen LogP contribution in [-0.4, -0.2) is 32.0 Å². The van der Waals surface area contributed by atoms with E-state index in [-0.39, 0.29) is 36.7 Å². The third-order valence-electron chi connectivity index (χ3n) is 4.63. The predicted octanol–water partition coefficient (Wildman–Crippen LogP) is 3.70. The molecule has 0 aliphatic heterocycles. The van der Waals surface area contributed by atoms with Crippen molar-refractivity contribution < 1.29 is 18.1 Å². The number of anilines is 2. The number of aryl methyl sites for hydroxylation is 3. The molecular weight excluding hydrogens is 394 g/mol. The largest absolute Gasteiger partial charge is 0.326 e. The van der Waals surface area contributed by atoms with Crippen LogP contribution in [-0.2, 0) is 14.8 Å².